The first kappa shape index (κ1) is 19.5. The number of thiophene rings is 1. The van der Waals surface area contributed by atoms with Gasteiger partial charge < -0.3 is 14.7 Å². The summed E-state index contributed by atoms with van der Waals surface area (Å²) >= 11 is 1.52. The lowest BCUT2D eigenvalue weighted by atomic mass is 9.94. The van der Waals surface area contributed by atoms with Crippen LogP contribution in [-0.2, 0) is 22.6 Å². The molecule has 3 aromatic rings. The molecule has 1 unspecified atom stereocenters. The Morgan fingerprint density at radius 1 is 1.23 bits per heavy atom. The number of nitrogens with zero attached hydrogens (tertiary/aromatic N) is 2. The number of aryl methyl sites for hydroxylation is 1. The highest BCUT2D eigenvalue weighted by atomic mass is 32.1. The van der Waals surface area contributed by atoms with Crippen LogP contribution in [0.2, 0.25) is 0 Å². The van der Waals surface area contributed by atoms with Gasteiger partial charge in [0.15, 0.2) is 0 Å². The van der Waals surface area contributed by atoms with Gasteiger partial charge in [0, 0.05) is 22.8 Å². The molecule has 156 valence electrons. The third-order valence-electron chi connectivity index (χ3n) is 5.63. The van der Waals surface area contributed by atoms with Gasteiger partial charge in [-0.2, -0.15) is 0 Å². The van der Waals surface area contributed by atoms with Gasteiger partial charge >= 0.3 is 0 Å². The Labute approximate surface area is 183 Å². The molecule has 1 aromatic carbocycles. The second kappa shape index (κ2) is 8.00. The molecule has 2 aliphatic heterocycles. The van der Waals surface area contributed by atoms with Gasteiger partial charge in [-0.3, -0.25) is 14.6 Å². The summed E-state index contributed by atoms with van der Waals surface area (Å²) in [7, 11) is 0. The molecule has 2 aliphatic rings. The molecule has 31 heavy (non-hydrogen) atoms. The Balaban J connectivity index is 1.63. The number of fused-ring (bicyclic) bond motifs is 1. The maximum Gasteiger partial charge on any atom is 0.295 e. The third kappa shape index (κ3) is 3.51. The quantitative estimate of drug-likeness (QED) is 0.382. The molecule has 0 saturated carbocycles. The smallest absolute Gasteiger partial charge is 0.295 e. The van der Waals surface area contributed by atoms with Crippen LogP contribution >= 0.6 is 11.3 Å². The molecule has 1 saturated heterocycles. The minimum atomic E-state index is -0.705. The number of ketones is 1. The van der Waals surface area contributed by atoms with E-state index in [2.05, 4.69) is 4.98 Å². The second-order valence-corrected chi connectivity index (χ2v) is 8.60. The molecule has 1 atom stereocenters. The maximum atomic E-state index is 13.1. The highest BCUT2D eigenvalue weighted by Gasteiger charge is 2.46. The molecule has 0 bridgehead atoms. The van der Waals surface area contributed by atoms with Crippen molar-refractivity contribution >= 4 is 28.8 Å². The summed E-state index contributed by atoms with van der Waals surface area (Å²) in [5, 5.41) is 13.1. The van der Waals surface area contributed by atoms with Crippen molar-refractivity contribution in [1.82, 2.24) is 9.88 Å². The number of hydrogen-bond acceptors (Lipinski definition) is 6. The average molecular weight is 433 g/mol. The van der Waals surface area contributed by atoms with Crippen LogP contribution in [0.3, 0.4) is 0 Å². The lowest BCUT2D eigenvalue weighted by Gasteiger charge is -2.24. The summed E-state index contributed by atoms with van der Waals surface area (Å²) in [6.45, 7) is 0.962. The van der Waals surface area contributed by atoms with E-state index in [4.69, 9.17) is 4.74 Å². The minimum absolute atomic E-state index is 0.0891. The van der Waals surface area contributed by atoms with Gasteiger partial charge in [-0.1, -0.05) is 12.1 Å². The number of rotatable bonds is 4. The molecule has 1 fully saturated rings. The number of carbonyl (C=O) groups is 2. The van der Waals surface area contributed by atoms with E-state index in [1.54, 1.807) is 24.5 Å². The monoisotopic (exact) mass is 432 g/mol. The molecule has 1 amide bonds. The van der Waals surface area contributed by atoms with Crippen molar-refractivity contribution in [3.05, 3.63) is 87.4 Å². The van der Waals surface area contributed by atoms with Crippen LogP contribution in [0.1, 0.15) is 34.0 Å². The molecule has 6 nitrogen and oxygen atoms in total. The van der Waals surface area contributed by atoms with Crippen LogP contribution in [0.25, 0.3) is 5.76 Å². The van der Waals surface area contributed by atoms with Gasteiger partial charge in [0.05, 0.1) is 24.8 Å². The summed E-state index contributed by atoms with van der Waals surface area (Å²) in [5.74, 6) is -0.680. The summed E-state index contributed by atoms with van der Waals surface area (Å²) in [5.41, 5.74) is 2.26. The van der Waals surface area contributed by atoms with E-state index in [1.807, 2.05) is 35.7 Å². The molecule has 5 rings (SSSR count). The van der Waals surface area contributed by atoms with E-state index < -0.39 is 17.7 Å². The first-order valence-electron chi connectivity index (χ1n) is 10.1. The number of benzene rings is 1. The number of Topliss-reactive ketones (excluding diaryl/α,β-unsaturated/α-hetero) is 1. The van der Waals surface area contributed by atoms with Crippen molar-refractivity contribution < 1.29 is 19.4 Å². The minimum Gasteiger partial charge on any atom is -0.507 e. The molecular weight excluding hydrogens is 412 g/mol. The van der Waals surface area contributed by atoms with Gasteiger partial charge in [-0.25, -0.2) is 0 Å². The normalized spacial score (nSPS) is 19.9. The van der Waals surface area contributed by atoms with E-state index in [0.29, 0.717) is 17.7 Å². The first-order chi connectivity index (χ1) is 15.1. The Bertz CT molecular complexity index is 1170. The number of pyridine rings is 1. The topological polar surface area (TPSA) is 79.7 Å². The van der Waals surface area contributed by atoms with E-state index in [-0.39, 0.29) is 17.9 Å². The van der Waals surface area contributed by atoms with Crippen LogP contribution in [0.5, 0.6) is 5.75 Å². The lowest BCUT2D eigenvalue weighted by molar-refractivity contribution is -0.140. The molecule has 0 aliphatic carbocycles. The number of likely N-dealkylation sites (tertiary alicyclic amines) is 1. The van der Waals surface area contributed by atoms with Crippen LogP contribution in [-0.4, -0.2) is 33.3 Å². The number of aliphatic hydroxyl groups excluding tert-OH is 1. The molecule has 0 spiro atoms. The molecule has 7 heteroatoms. The third-order valence-corrected chi connectivity index (χ3v) is 6.49. The summed E-state index contributed by atoms with van der Waals surface area (Å²) < 4.78 is 5.65. The number of amides is 1. The summed E-state index contributed by atoms with van der Waals surface area (Å²) in [4.78, 5) is 32.7. The van der Waals surface area contributed by atoms with Crippen LogP contribution in [0, 0.1) is 0 Å². The summed E-state index contributed by atoms with van der Waals surface area (Å²) in [6.07, 6.45) is 5.01. The van der Waals surface area contributed by atoms with Crippen molar-refractivity contribution in [2.75, 3.05) is 6.61 Å². The van der Waals surface area contributed by atoms with E-state index >= 15 is 0 Å². The molecule has 1 N–H and O–H groups in total. The number of hydrogen-bond donors (Lipinski definition) is 1. The standard InChI is InChI=1S/C24H20N2O4S/c27-22(16-7-8-19-15(12-16)5-2-10-30-19)20-21(17-4-1-9-25-13-17)26(24(29)23(20)28)14-18-6-3-11-31-18/h1,3-4,6-9,11-13,21,27H,2,5,10,14H2/b22-20-. The zero-order chi connectivity index (χ0) is 21.4. The van der Waals surface area contributed by atoms with Gasteiger partial charge in [0.25, 0.3) is 11.7 Å². The van der Waals surface area contributed by atoms with Gasteiger partial charge in [-0.05, 0) is 59.7 Å². The lowest BCUT2D eigenvalue weighted by Crippen LogP contribution is -2.28. The Kier molecular flexibility index (Phi) is 5.03. The van der Waals surface area contributed by atoms with Crippen molar-refractivity contribution in [2.24, 2.45) is 0 Å². The van der Waals surface area contributed by atoms with Gasteiger partial charge in [0.2, 0.25) is 0 Å². The van der Waals surface area contributed by atoms with E-state index in [1.165, 1.54) is 16.2 Å². The predicted octanol–water partition coefficient (Wildman–Crippen LogP) is 4.09. The van der Waals surface area contributed by atoms with Crippen molar-refractivity contribution in [1.29, 1.82) is 0 Å². The molecular formula is C24H20N2O4S. The number of aliphatic hydroxyl groups is 1. The van der Waals surface area contributed by atoms with E-state index in [9.17, 15) is 14.7 Å². The fourth-order valence-corrected chi connectivity index (χ4v) is 4.86. The Morgan fingerprint density at radius 3 is 2.90 bits per heavy atom. The maximum absolute atomic E-state index is 13.1. The Morgan fingerprint density at radius 2 is 2.13 bits per heavy atom. The van der Waals surface area contributed by atoms with Crippen LogP contribution < -0.4 is 4.74 Å². The highest BCUT2D eigenvalue weighted by molar-refractivity contribution is 7.09. The van der Waals surface area contributed by atoms with Crippen LogP contribution in [0.15, 0.2) is 65.8 Å². The SMILES string of the molecule is O=C1C(=O)N(Cc2cccs2)C(c2cccnc2)/C1=C(/O)c1ccc2c(c1)CCCO2. The zero-order valence-electron chi connectivity index (χ0n) is 16.7. The van der Waals surface area contributed by atoms with Gasteiger partial charge in [0.1, 0.15) is 11.5 Å². The summed E-state index contributed by atoms with van der Waals surface area (Å²) in [6, 6.07) is 12.1. The van der Waals surface area contributed by atoms with Crippen molar-refractivity contribution in [3.63, 3.8) is 0 Å². The number of carbonyl (C=O) groups excluding carboxylic acids is 2. The van der Waals surface area contributed by atoms with E-state index in [0.717, 1.165) is 29.0 Å². The fourth-order valence-electron chi connectivity index (χ4n) is 4.16. The Hall–Kier alpha value is -3.45. The van der Waals surface area contributed by atoms with Crippen LogP contribution in [0.4, 0.5) is 0 Å². The largest absolute Gasteiger partial charge is 0.507 e. The molecule has 4 heterocycles. The predicted molar refractivity (Wildman–Crippen MR) is 117 cm³/mol. The number of aromatic nitrogens is 1. The van der Waals surface area contributed by atoms with Crippen molar-refractivity contribution in [2.45, 2.75) is 25.4 Å². The fraction of sp³-hybridized carbons (Fsp3) is 0.208. The first-order valence-corrected chi connectivity index (χ1v) is 11.0. The zero-order valence-corrected chi connectivity index (χ0v) is 17.5. The average Bonchev–Trinajstić information content (AvgIpc) is 3.41. The number of ether oxygens (including phenoxy) is 1. The molecule has 0 radical (unpaired) electrons. The second-order valence-electron chi connectivity index (χ2n) is 7.57. The highest BCUT2D eigenvalue weighted by Crippen LogP contribution is 2.41. The molecule has 2 aromatic heterocycles. The van der Waals surface area contributed by atoms with Crippen molar-refractivity contribution in [3.8, 4) is 5.75 Å². The van der Waals surface area contributed by atoms with Gasteiger partial charge in [-0.15, -0.1) is 11.3 Å².